The maximum atomic E-state index is 12.7. The first-order valence-corrected chi connectivity index (χ1v) is 6.68. The van der Waals surface area contributed by atoms with Crippen molar-refractivity contribution in [2.24, 2.45) is 11.8 Å². The van der Waals surface area contributed by atoms with Crippen LogP contribution in [-0.2, 0) is 4.79 Å². The molecule has 0 bridgehead atoms. The fourth-order valence-electron chi connectivity index (χ4n) is 2.55. The van der Waals surface area contributed by atoms with Crippen molar-refractivity contribution in [2.75, 3.05) is 5.32 Å². The topological polar surface area (TPSA) is 57.8 Å². The molecule has 1 heterocycles. The largest absolute Gasteiger partial charge is 0.391 e. The van der Waals surface area contributed by atoms with Crippen molar-refractivity contribution in [3.05, 3.63) is 11.3 Å². The lowest BCUT2D eigenvalue weighted by molar-refractivity contribution is -0.185. The van der Waals surface area contributed by atoms with Crippen LogP contribution in [0, 0.1) is 25.7 Å². The van der Waals surface area contributed by atoms with Crippen molar-refractivity contribution in [2.45, 2.75) is 45.7 Å². The van der Waals surface area contributed by atoms with E-state index in [0.29, 0.717) is 18.7 Å². The van der Waals surface area contributed by atoms with E-state index in [-0.39, 0.29) is 18.7 Å². The van der Waals surface area contributed by atoms with Crippen LogP contribution in [0.1, 0.15) is 36.9 Å². The van der Waals surface area contributed by atoms with Gasteiger partial charge < -0.3 is 5.32 Å². The second-order valence-corrected chi connectivity index (χ2v) is 5.41. The van der Waals surface area contributed by atoms with Crippen molar-refractivity contribution in [1.29, 1.82) is 0 Å². The molecule has 1 aromatic rings. The van der Waals surface area contributed by atoms with E-state index >= 15 is 0 Å². The van der Waals surface area contributed by atoms with Crippen LogP contribution in [-0.4, -0.2) is 22.3 Å². The molecule has 2 N–H and O–H groups in total. The summed E-state index contributed by atoms with van der Waals surface area (Å²) in [6.45, 7) is 3.62. The Bertz CT molecular complexity index is 496. The van der Waals surface area contributed by atoms with Gasteiger partial charge in [0.15, 0.2) is 5.82 Å². The highest BCUT2D eigenvalue weighted by Crippen LogP contribution is 2.40. The Hall–Kier alpha value is -1.53. The van der Waals surface area contributed by atoms with Gasteiger partial charge in [-0.25, -0.2) is 0 Å². The standard InChI is InChI=1S/C13H18F3N3O/c1-7-8(2)18-19-11(7)17-12(20)9-4-3-5-10(6-9)13(14,15)16/h9-10H,3-6H2,1-2H3,(H2,17,18,19,20). The fraction of sp³-hybridized carbons (Fsp3) is 0.692. The molecule has 2 atom stereocenters. The van der Waals surface area contributed by atoms with Crippen molar-refractivity contribution in [1.82, 2.24) is 10.2 Å². The van der Waals surface area contributed by atoms with E-state index in [4.69, 9.17) is 0 Å². The Kier molecular flexibility index (Phi) is 4.06. The minimum atomic E-state index is -4.21. The zero-order valence-electron chi connectivity index (χ0n) is 11.5. The zero-order valence-corrected chi connectivity index (χ0v) is 11.5. The number of rotatable bonds is 2. The molecule has 4 nitrogen and oxygen atoms in total. The van der Waals surface area contributed by atoms with Gasteiger partial charge in [-0.1, -0.05) is 6.42 Å². The van der Waals surface area contributed by atoms with Gasteiger partial charge in [-0.2, -0.15) is 18.3 Å². The number of hydrogen-bond acceptors (Lipinski definition) is 2. The average Bonchev–Trinajstić information content (AvgIpc) is 2.70. The number of alkyl halides is 3. The third kappa shape index (κ3) is 3.13. The first-order valence-electron chi connectivity index (χ1n) is 6.68. The number of aromatic nitrogens is 2. The Morgan fingerprint density at radius 3 is 2.60 bits per heavy atom. The predicted molar refractivity (Wildman–Crippen MR) is 68.2 cm³/mol. The second-order valence-electron chi connectivity index (χ2n) is 5.41. The van der Waals surface area contributed by atoms with E-state index in [1.54, 1.807) is 6.92 Å². The zero-order chi connectivity index (χ0) is 14.9. The highest BCUT2D eigenvalue weighted by Gasteiger charge is 2.43. The monoisotopic (exact) mass is 289 g/mol. The van der Waals surface area contributed by atoms with Crippen molar-refractivity contribution in [3.63, 3.8) is 0 Å². The number of carbonyl (C=O) groups excluding carboxylic acids is 1. The summed E-state index contributed by atoms with van der Waals surface area (Å²) in [4.78, 5) is 12.1. The third-order valence-corrected chi connectivity index (χ3v) is 4.00. The minimum Gasteiger partial charge on any atom is -0.309 e. The lowest BCUT2D eigenvalue weighted by atomic mass is 9.80. The smallest absolute Gasteiger partial charge is 0.309 e. The molecule has 0 saturated heterocycles. The summed E-state index contributed by atoms with van der Waals surface area (Å²) < 4.78 is 38.2. The molecule has 1 amide bonds. The predicted octanol–water partition coefficient (Wildman–Crippen LogP) is 3.33. The molecule has 1 fully saturated rings. The third-order valence-electron chi connectivity index (χ3n) is 4.00. The van der Waals surface area contributed by atoms with Gasteiger partial charge in [-0.3, -0.25) is 9.89 Å². The average molecular weight is 289 g/mol. The molecule has 1 aliphatic carbocycles. The number of H-pyrrole nitrogens is 1. The van der Waals surface area contributed by atoms with E-state index in [1.165, 1.54) is 0 Å². The Balaban J connectivity index is 2.00. The molecule has 0 radical (unpaired) electrons. The summed E-state index contributed by atoms with van der Waals surface area (Å²) in [5, 5.41) is 9.30. The Morgan fingerprint density at radius 1 is 1.35 bits per heavy atom. The molecule has 0 aromatic carbocycles. The number of nitrogens with zero attached hydrogens (tertiary/aromatic N) is 1. The highest BCUT2D eigenvalue weighted by atomic mass is 19.4. The molecular weight excluding hydrogens is 271 g/mol. The van der Waals surface area contributed by atoms with E-state index < -0.39 is 18.0 Å². The molecular formula is C13H18F3N3O. The van der Waals surface area contributed by atoms with Crippen molar-refractivity contribution in [3.8, 4) is 0 Å². The number of aromatic amines is 1. The maximum Gasteiger partial charge on any atom is 0.391 e. The molecule has 1 aliphatic rings. The van der Waals surface area contributed by atoms with E-state index in [2.05, 4.69) is 15.5 Å². The molecule has 7 heteroatoms. The quantitative estimate of drug-likeness (QED) is 0.877. The summed E-state index contributed by atoms with van der Waals surface area (Å²) in [5.74, 6) is -1.92. The summed E-state index contributed by atoms with van der Waals surface area (Å²) in [6, 6.07) is 0. The van der Waals surface area contributed by atoms with Crippen molar-refractivity contribution >= 4 is 11.7 Å². The molecule has 1 saturated carbocycles. The molecule has 0 spiro atoms. The number of nitrogens with one attached hydrogen (secondary N) is 2. The van der Waals surface area contributed by atoms with Gasteiger partial charge in [-0.05, 0) is 33.1 Å². The molecule has 20 heavy (non-hydrogen) atoms. The van der Waals surface area contributed by atoms with Crippen LogP contribution >= 0.6 is 0 Å². The van der Waals surface area contributed by atoms with Gasteiger partial charge in [0.1, 0.15) is 0 Å². The van der Waals surface area contributed by atoms with Gasteiger partial charge in [0, 0.05) is 17.2 Å². The van der Waals surface area contributed by atoms with Gasteiger partial charge in [-0.15, -0.1) is 0 Å². The number of amides is 1. The van der Waals surface area contributed by atoms with Gasteiger partial charge in [0.05, 0.1) is 5.92 Å². The summed E-state index contributed by atoms with van der Waals surface area (Å²) in [5.41, 5.74) is 1.64. The van der Waals surface area contributed by atoms with Crippen LogP contribution in [0.4, 0.5) is 19.0 Å². The molecule has 1 aromatic heterocycles. The second kappa shape index (κ2) is 5.46. The number of hydrogen-bond donors (Lipinski definition) is 2. The molecule has 0 aliphatic heterocycles. The van der Waals surface area contributed by atoms with Crippen LogP contribution in [0.5, 0.6) is 0 Å². The summed E-state index contributed by atoms with van der Waals surface area (Å²) in [7, 11) is 0. The summed E-state index contributed by atoms with van der Waals surface area (Å²) in [6.07, 6.45) is -3.29. The van der Waals surface area contributed by atoms with Crippen LogP contribution < -0.4 is 5.32 Å². The lowest BCUT2D eigenvalue weighted by Gasteiger charge is -2.29. The number of aryl methyl sites for hydroxylation is 1. The van der Waals surface area contributed by atoms with E-state index in [1.807, 2.05) is 6.92 Å². The first kappa shape index (κ1) is 14.9. The Morgan fingerprint density at radius 2 is 2.05 bits per heavy atom. The van der Waals surface area contributed by atoms with Crippen LogP contribution in [0.3, 0.4) is 0 Å². The minimum absolute atomic E-state index is 0.119. The lowest BCUT2D eigenvalue weighted by Crippen LogP contribution is -2.34. The SMILES string of the molecule is Cc1[nH]nc(NC(=O)C2CCCC(C(F)(F)F)C2)c1C. The normalized spacial score (nSPS) is 23.6. The molecule has 112 valence electrons. The first-order chi connectivity index (χ1) is 9.29. The number of carbonyl (C=O) groups is 1. The summed E-state index contributed by atoms with van der Waals surface area (Å²) >= 11 is 0. The van der Waals surface area contributed by atoms with Crippen LogP contribution in [0.15, 0.2) is 0 Å². The van der Waals surface area contributed by atoms with Gasteiger partial charge in [0.2, 0.25) is 5.91 Å². The van der Waals surface area contributed by atoms with Gasteiger partial charge in [0.25, 0.3) is 0 Å². The van der Waals surface area contributed by atoms with E-state index in [9.17, 15) is 18.0 Å². The fourth-order valence-corrected chi connectivity index (χ4v) is 2.55. The highest BCUT2D eigenvalue weighted by molar-refractivity contribution is 5.92. The maximum absolute atomic E-state index is 12.7. The van der Waals surface area contributed by atoms with Gasteiger partial charge >= 0.3 is 6.18 Å². The molecule has 2 rings (SSSR count). The number of anilines is 1. The molecule has 2 unspecified atom stereocenters. The van der Waals surface area contributed by atoms with Crippen LogP contribution in [0.2, 0.25) is 0 Å². The number of halogens is 3. The Labute approximate surface area is 115 Å². The van der Waals surface area contributed by atoms with Crippen molar-refractivity contribution < 1.29 is 18.0 Å². The van der Waals surface area contributed by atoms with Crippen LogP contribution in [0.25, 0.3) is 0 Å². The van der Waals surface area contributed by atoms with E-state index in [0.717, 1.165) is 11.3 Å².